The zero-order valence-electron chi connectivity index (χ0n) is 13.8. The molecule has 0 bridgehead atoms. The number of amides is 1. The highest BCUT2D eigenvalue weighted by Crippen LogP contribution is 2.23. The third-order valence-corrected chi connectivity index (χ3v) is 4.30. The van der Waals surface area contributed by atoms with Gasteiger partial charge in [-0.2, -0.15) is 5.10 Å². The second-order valence-corrected chi connectivity index (χ2v) is 6.60. The standard InChI is InChI=1S/C20H18BrN3O/c1-24-14-15(13-22-24)7-12-19(25)23-20(16-5-3-2-4-6-16)17-8-10-18(21)11-9-17/h2-14,20H,1H3,(H,23,25)/b12-7+. The molecule has 1 amide bonds. The quantitative estimate of drug-likeness (QED) is 0.660. The maximum atomic E-state index is 12.4. The molecule has 0 radical (unpaired) electrons. The second-order valence-electron chi connectivity index (χ2n) is 5.68. The fraction of sp³-hybridized carbons (Fsp3) is 0.100. The van der Waals surface area contributed by atoms with Crippen LogP contribution in [0.4, 0.5) is 0 Å². The van der Waals surface area contributed by atoms with Crippen molar-refractivity contribution in [1.82, 2.24) is 15.1 Å². The van der Waals surface area contributed by atoms with E-state index in [0.717, 1.165) is 21.2 Å². The molecule has 25 heavy (non-hydrogen) atoms. The van der Waals surface area contributed by atoms with Crippen molar-refractivity contribution in [1.29, 1.82) is 0 Å². The van der Waals surface area contributed by atoms with Crippen LogP contribution in [0.1, 0.15) is 22.7 Å². The van der Waals surface area contributed by atoms with Crippen molar-refractivity contribution in [3.63, 3.8) is 0 Å². The van der Waals surface area contributed by atoms with E-state index < -0.39 is 0 Å². The molecule has 3 aromatic rings. The molecule has 1 heterocycles. The van der Waals surface area contributed by atoms with Crippen molar-refractivity contribution < 1.29 is 4.79 Å². The Morgan fingerprint density at radius 2 is 1.80 bits per heavy atom. The Hall–Kier alpha value is -2.66. The highest BCUT2D eigenvalue weighted by molar-refractivity contribution is 9.10. The Kier molecular flexibility index (Phi) is 5.46. The maximum absolute atomic E-state index is 12.4. The second kappa shape index (κ2) is 7.94. The van der Waals surface area contributed by atoms with E-state index in [1.54, 1.807) is 17.0 Å². The summed E-state index contributed by atoms with van der Waals surface area (Å²) in [6, 6.07) is 17.7. The average Bonchev–Trinajstić information content (AvgIpc) is 3.05. The van der Waals surface area contributed by atoms with Gasteiger partial charge in [0.1, 0.15) is 0 Å². The average molecular weight is 396 g/mol. The van der Waals surface area contributed by atoms with E-state index in [4.69, 9.17) is 0 Å². The molecule has 5 heteroatoms. The molecule has 1 aromatic heterocycles. The summed E-state index contributed by atoms with van der Waals surface area (Å²) < 4.78 is 2.71. The van der Waals surface area contributed by atoms with Crippen LogP contribution in [-0.4, -0.2) is 15.7 Å². The Balaban J connectivity index is 1.81. The number of hydrogen-bond donors (Lipinski definition) is 1. The lowest BCUT2D eigenvalue weighted by Crippen LogP contribution is -2.27. The largest absolute Gasteiger partial charge is 0.342 e. The van der Waals surface area contributed by atoms with Gasteiger partial charge >= 0.3 is 0 Å². The Morgan fingerprint density at radius 3 is 2.44 bits per heavy atom. The minimum Gasteiger partial charge on any atom is -0.342 e. The molecule has 1 atom stereocenters. The first-order chi connectivity index (χ1) is 12.1. The van der Waals surface area contributed by atoms with E-state index in [0.29, 0.717) is 0 Å². The zero-order chi connectivity index (χ0) is 17.6. The van der Waals surface area contributed by atoms with Gasteiger partial charge in [0.15, 0.2) is 0 Å². The first-order valence-electron chi connectivity index (χ1n) is 7.89. The molecule has 0 aliphatic rings. The molecule has 2 aromatic carbocycles. The summed E-state index contributed by atoms with van der Waals surface area (Å²) in [4.78, 5) is 12.4. The lowest BCUT2D eigenvalue weighted by atomic mass is 9.98. The van der Waals surface area contributed by atoms with Gasteiger partial charge in [0.05, 0.1) is 12.2 Å². The number of nitrogens with zero attached hydrogens (tertiary/aromatic N) is 2. The van der Waals surface area contributed by atoms with Crippen LogP contribution in [0, 0.1) is 0 Å². The van der Waals surface area contributed by atoms with Crippen molar-refractivity contribution in [2.24, 2.45) is 7.05 Å². The summed E-state index contributed by atoms with van der Waals surface area (Å²) in [6.45, 7) is 0. The fourth-order valence-corrected chi connectivity index (χ4v) is 2.81. The lowest BCUT2D eigenvalue weighted by Gasteiger charge is -2.19. The van der Waals surface area contributed by atoms with Gasteiger partial charge in [-0.05, 0) is 29.3 Å². The number of carbonyl (C=O) groups is 1. The molecule has 4 nitrogen and oxygen atoms in total. The Labute approximate surface area is 155 Å². The van der Waals surface area contributed by atoms with Crippen LogP contribution in [0.5, 0.6) is 0 Å². The van der Waals surface area contributed by atoms with Crippen LogP contribution in [0.3, 0.4) is 0 Å². The van der Waals surface area contributed by atoms with E-state index in [9.17, 15) is 4.79 Å². The Bertz CT molecular complexity index is 869. The van der Waals surface area contributed by atoms with E-state index in [-0.39, 0.29) is 11.9 Å². The molecule has 1 unspecified atom stereocenters. The van der Waals surface area contributed by atoms with Crippen molar-refractivity contribution in [3.05, 3.63) is 94.2 Å². The summed E-state index contributed by atoms with van der Waals surface area (Å²) in [6.07, 6.45) is 6.86. The highest BCUT2D eigenvalue weighted by Gasteiger charge is 2.15. The minimum atomic E-state index is -0.208. The van der Waals surface area contributed by atoms with Crippen molar-refractivity contribution in [2.75, 3.05) is 0 Å². The van der Waals surface area contributed by atoms with E-state index in [1.165, 1.54) is 6.08 Å². The van der Waals surface area contributed by atoms with Crippen molar-refractivity contribution in [2.45, 2.75) is 6.04 Å². The summed E-state index contributed by atoms with van der Waals surface area (Å²) in [5.74, 6) is -0.152. The third kappa shape index (κ3) is 4.67. The number of carbonyl (C=O) groups excluding carboxylic acids is 1. The Morgan fingerprint density at radius 1 is 1.12 bits per heavy atom. The first-order valence-corrected chi connectivity index (χ1v) is 8.69. The predicted molar refractivity (Wildman–Crippen MR) is 103 cm³/mol. The van der Waals surface area contributed by atoms with Gasteiger partial charge in [-0.1, -0.05) is 58.4 Å². The molecular weight excluding hydrogens is 378 g/mol. The summed E-state index contributed by atoms with van der Waals surface area (Å²) in [7, 11) is 1.84. The van der Waals surface area contributed by atoms with Gasteiger partial charge in [-0.15, -0.1) is 0 Å². The monoisotopic (exact) mass is 395 g/mol. The van der Waals surface area contributed by atoms with E-state index >= 15 is 0 Å². The zero-order valence-corrected chi connectivity index (χ0v) is 15.3. The number of hydrogen-bond acceptors (Lipinski definition) is 2. The van der Waals surface area contributed by atoms with Gasteiger partial charge in [-0.3, -0.25) is 9.48 Å². The van der Waals surface area contributed by atoms with Crippen LogP contribution in [-0.2, 0) is 11.8 Å². The fourth-order valence-electron chi connectivity index (χ4n) is 2.55. The van der Waals surface area contributed by atoms with Gasteiger partial charge in [0.2, 0.25) is 5.91 Å². The van der Waals surface area contributed by atoms with Gasteiger partial charge in [0, 0.05) is 29.4 Å². The van der Waals surface area contributed by atoms with E-state index in [1.807, 2.05) is 67.8 Å². The molecule has 0 spiro atoms. The number of rotatable bonds is 5. The number of nitrogens with one attached hydrogen (secondary N) is 1. The lowest BCUT2D eigenvalue weighted by molar-refractivity contribution is -0.116. The summed E-state index contributed by atoms with van der Waals surface area (Å²) in [5.41, 5.74) is 2.95. The molecule has 0 aliphatic heterocycles. The molecule has 126 valence electrons. The molecule has 0 saturated heterocycles. The highest BCUT2D eigenvalue weighted by atomic mass is 79.9. The van der Waals surface area contributed by atoms with Gasteiger partial charge in [0.25, 0.3) is 0 Å². The van der Waals surface area contributed by atoms with Crippen molar-refractivity contribution in [3.8, 4) is 0 Å². The number of aromatic nitrogens is 2. The summed E-state index contributed by atoms with van der Waals surface area (Å²) in [5, 5.41) is 7.17. The molecular formula is C20H18BrN3O. The molecule has 0 saturated carbocycles. The van der Waals surface area contributed by atoms with Crippen LogP contribution in [0.25, 0.3) is 6.08 Å². The van der Waals surface area contributed by atoms with Crippen LogP contribution >= 0.6 is 15.9 Å². The van der Waals surface area contributed by atoms with Crippen LogP contribution < -0.4 is 5.32 Å². The maximum Gasteiger partial charge on any atom is 0.244 e. The normalized spacial score (nSPS) is 12.2. The predicted octanol–water partition coefficient (Wildman–Crippen LogP) is 4.10. The minimum absolute atomic E-state index is 0.152. The third-order valence-electron chi connectivity index (χ3n) is 3.77. The molecule has 0 aliphatic carbocycles. The van der Waals surface area contributed by atoms with Gasteiger partial charge < -0.3 is 5.32 Å². The summed E-state index contributed by atoms with van der Waals surface area (Å²) >= 11 is 3.45. The van der Waals surface area contributed by atoms with Gasteiger partial charge in [-0.25, -0.2) is 0 Å². The van der Waals surface area contributed by atoms with Crippen molar-refractivity contribution >= 4 is 27.9 Å². The number of aryl methyl sites for hydroxylation is 1. The first kappa shape index (κ1) is 17.2. The molecule has 1 N–H and O–H groups in total. The molecule has 3 rings (SSSR count). The number of benzene rings is 2. The van der Waals surface area contributed by atoms with E-state index in [2.05, 4.69) is 26.3 Å². The smallest absolute Gasteiger partial charge is 0.244 e. The van der Waals surface area contributed by atoms with Crippen LogP contribution in [0.2, 0.25) is 0 Å². The molecule has 0 fully saturated rings. The SMILES string of the molecule is Cn1cc(/C=C/C(=O)NC(c2ccccc2)c2ccc(Br)cc2)cn1. The van der Waals surface area contributed by atoms with Crippen LogP contribution in [0.15, 0.2) is 77.5 Å². The topological polar surface area (TPSA) is 46.9 Å². The number of halogens is 1.